The van der Waals surface area contributed by atoms with Gasteiger partial charge >= 0.3 is 0 Å². The van der Waals surface area contributed by atoms with Crippen LogP contribution in [0.1, 0.15) is 5.56 Å². The van der Waals surface area contributed by atoms with Crippen LogP contribution in [-0.2, 0) is 10.5 Å². The van der Waals surface area contributed by atoms with Crippen molar-refractivity contribution in [3.8, 4) is 6.07 Å². The van der Waals surface area contributed by atoms with E-state index in [1.807, 2.05) is 42.5 Å². The van der Waals surface area contributed by atoms with Gasteiger partial charge in [0, 0.05) is 17.1 Å². The molecular weight excluding hydrogens is 385 g/mol. The summed E-state index contributed by atoms with van der Waals surface area (Å²) in [5.74, 6) is -0.587. The van der Waals surface area contributed by atoms with Gasteiger partial charge in [-0.25, -0.2) is 4.39 Å². The van der Waals surface area contributed by atoms with E-state index in [0.29, 0.717) is 16.3 Å². The Kier molecular flexibility index (Phi) is 7.04. The predicted octanol–water partition coefficient (Wildman–Crippen LogP) is 5.54. The molecule has 0 radical (unpaired) electrons. The minimum Gasteiger partial charge on any atom is -0.349 e. The van der Waals surface area contributed by atoms with E-state index in [2.05, 4.69) is 10.6 Å². The summed E-state index contributed by atoms with van der Waals surface area (Å²) in [5, 5.41) is 15.9. The topological polar surface area (TPSA) is 64.9 Å². The van der Waals surface area contributed by atoms with E-state index in [4.69, 9.17) is 0 Å². The van der Waals surface area contributed by atoms with E-state index in [-0.39, 0.29) is 17.1 Å². The highest BCUT2D eigenvalue weighted by Gasteiger charge is 2.17. The van der Waals surface area contributed by atoms with Crippen LogP contribution in [0.4, 0.5) is 15.8 Å². The molecule has 0 aromatic heterocycles. The molecule has 3 aromatic rings. The third-order valence-corrected chi connectivity index (χ3v) is 5.01. The van der Waals surface area contributed by atoms with Crippen molar-refractivity contribution in [3.63, 3.8) is 0 Å². The van der Waals surface area contributed by atoms with Gasteiger partial charge in [0.15, 0.2) is 0 Å². The normalized spacial score (nSPS) is 11.2. The van der Waals surface area contributed by atoms with Crippen LogP contribution in [0.3, 0.4) is 0 Å². The summed E-state index contributed by atoms with van der Waals surface area (Å²) in [6, 6.07) is 26.5. The fraction of sp³-hybridized carbons (Fsp3) is 0.0435. The molecule has 0 heterocycles. The number of nitrogens with zero attached hydrogens (tertiary/aromatic N) is 1. The molecule has 0 fully saturated rings. The van der Waals surface area contributed by atoms with Crippen LogP contribution >= 0.6 is 11.8 Å². The quantitative estimate of drug-likeness (QED) is 0.401. The minimum absolute atomic E-state index is 0.0703. The van der Waals surface area contributed by atoms with Crippen molar-refractivity contribution in [3.05, 3.63) is 107 Å². The SMILES string of the molecule is N#C/C(C(=O)Nc1ccccc1)=C(/Nc1ccccc1)SCc1ccccc1F. The van der Waals surface area contributed by atoms with Crippen LogP contribution in [0.15, 0.2) is 95.5 Å². The molecule has 6 heteroatoms. The first-order valence-corrected chi connectivity index (χ1v) is 9.85. The number of halogens is 1. The Morgan fingerprint density at radius 1 is 0.862 bits per heavy atom. The van der Waals surface area contributed by atoms with E-state index in [0.717, 1.165) is 5.69 Å². The Hall–Kier alpha value is -3.56. The first-order valence-electron chi connectivity index (χ1n) is 8.86. The lowest BCUT2D eigenvalue weighted by atomic mass is 10.2. The van der Waals surface area contributed by atoms with Crippen molar-refractivity contribution in [1.82, 2.24) is 0 Å². The summed E-state index contributed by atoms with van der Waals surface area (Å²) in [5.41, 5.74) is 1.73. The second-order valence-electron chi connectivity index (χ2n) is 6.01. The molecule has 144 valence electrons. The molecule has 2 N–H and O–H groups in total. The zero-order valence-corrected chi connectivity index (χ0v) is 16.2. The summed E-state index contributed by atoms with van der Waals surface area (Å²) >= 11 is 1.20. The summed E-state index contributed by atoms with van der Waals surface area (Å²) in [7, 11) is 0. The fourth-order valence-electron chi connectivity index (χ4n) is 2.51. The van der Waals surface area contributed by atoms with Gasteiger partial charge in [0.25, 0.3) is 5.91 Å². The molecule has 4 nitrogen and oxygen atoms in total. The van der Waals surface area contributed by atoms with Crippen LogP contribution in [0.2, 0.25) is 0 Å². The Balaban J connectivity index is 1.89. The molecule has 0 aliphatic carbocycles. The van der Waals surface area contributed by atoms with E-state index >= 15 is 0 Å². The number of para-hydroxylation sites is 2. The third kappa shape index (κ3) is 5.71. The molecule has 0 atom stereocenters. The molecule has 0 saturated carbocycles. The van der Waals surface area contributed by atoms with Gasteiger partial charge in [-0.15, -0.1) is 11.8 Å². The van der Waals surface area contributed by atoms with Gasteiger partial charge in [0.05, 0.1) is 5.03 Å². The van der Waals surface area contributed by atoms with Gasteiger partial charge < -0.3 is 10.6 Å². The van der Waals surface area contributed by atoms with E-state index in [1.54, 1.807) is 42.5 Å². The number of hydrogen-bond acceptors (Lipinski definition) is 4. The van der Waals surface area contributed by atoms with Crippen molar-refractivity contribution in [1.29, 1.82) is 5.26 Å². The second kappa shape index (κ2) is 10.1. The van der Waals surface area contributed by atoms with Crippen molar-refractivity contribution >= 4 is 29.0 Å². The van der Waals surface area contributed by atoms with Gasteiger partial charge in [-0.05, 0) is 35.9 Å². The van der Waals surface area contributed by atoms with E-state index < -0.39 is 5.91 Å². The second-order valence-corrected chi connectivity index (χ2v) is 6.99. The Bertz CT molecular complexity index is 1050. The molecule has 0 bridgehead atoms. The van der Waals surface area contributed by atoms with Crippen molar-refractivity contribution in [2.24, 2.45) is 0 Å². The Morgan fingerprint density at radius 2 is 1.41 bits per heavy atom. The lowest BCUT2D eigenvalue weighted by Gasteiger charge is -2.14. The van der Waals surface area contributed by atoms with Gasteiger partial charge in [-0.2, -0.15) is 5.26 Å². The summed E-state index contributed by atoms with van der Waals surface area (Å²) in [4.78, 5) is 12.7. The van der Waals surface area contributed by atoms with Crippen LogP contribution in [0, 0.1) is 17.1 Å². The fourth-order valence-corrected chi connectivity index (χ4v) is 3.52. The number of anilines is 2. The number of nitrogens with one attached hydrogen (secondary N) is 2. The maximum absolute atomic E-state index is 14.0. The van der Waals surface area contributed by atoms with Crippen LogP contribution in [-0.4, -0.2) is 5.91 Å². The smallest absolute Gasteiger partial charge is 0.269 e. The zero-order valence-electron chi connectivity index (χ0n) is 15.4. The highest BCUT2D eigenvalue weighted by Crippen LogP contribution is 2.27. The van der Waals surface area contributed by atoms with Crippen LogP contribution in [0.25, 0.3) is 0 Å². The maximum Gasteiger partial charge on any atom is 0.269 e. The highest BCUT2D eigenvalue weighted by atomic mass is 32.2. The first-order chi connectivity index (χ1) is 14.2. The number of carbonyl (C=O) groups is 1. The molecule has 0 aliphatic rings. The summed E-state index contributed by atoms with van der Waals surface area (Å²) in [6.45, 7) is 0. The van der Waals surface area contributed by atoms with E-state index in [1.165, 1.54) is 17.8 Å². The van der Waals surface area contributed by atoms with Gasteiger partial charge in [-0.3, -0.25) is 4.79 Å². The number of hydrogen-bond donors (Lipinski definition) is 2. The largest absolute Gasteiger partial charge is 0.349 e. The third-order valence-electron chi connectivity index (χ3n) is 3.96. The van der Waals surface area contributed by atoms with Crippen molar-refractivity contribution in [2.45, 2.75) is 5.75 Å². The molecule has 29 heavy (non-hydrogen) atoms. The Labute approximate surface area is 173 Å². The van der Waals surface area contributed by atoms with Crippen molar-refractivity contribution in [2.75, 3.05) is 10.6 Å². The monoisotopic (exact) mass is 403 g/mol. The molecule has 3 rings (SSSR count). The Morgan fingerprint density at radius 3 is 2.00 bits per heavy atom. The molecule has 0 spiro atoms. The number of rotatable bonds is 7. The number of amides is 1. The van der Waals surface area contributed by atoms with Crippen LogP contribution in [0.5, 0.6) is 0 Å². The van der Waals surface area contributed by atoms with Gasteiger partial charge in [0.1, 0.15) is 17.5 Å². The molecule has 0 unspecified atom stereocenters. The summed E-state index contributed by atoms with van der Waals surface area (Å²) < 4.78 is 14.0. The average molecular weight is 403 g/mol. The van der Waals surface area contributed by atoms with Crippen LogP contribution < -0.4 is 10.6 Å². The van der Waals surface area contributed by atoms with Gasteiger partial charge in [-0.1, -0.05) is 54.6 Å². The average Bonchev–Trinajstić information content (AvgIpc) is 2.75. The van der Waals surface area contributed by atoms with Crippen molar-refractivity contribution < 1.29 is 9.18 Å². The number of carbonyl (C=O) groups excluding carboxylic acids is 1. The summed E-state index contributed by atoms with van der Waals surface area (Å²) in [6.07, 6.45) is 0. The lowest BCUT2D eigenvalue weighted by Crippen LogP contribution is -2.17. The molecular formula is C23H18FN3OS. The number of thioether (sulfide) groups is 1. The zero-order chi connectivity index (χ0) is 20.5. The molecule has 1 amide bonds. The predicted molar refractivity (Wildman–Crippen MR) is 115 cm³/mol. The number of nitriles is 1. The van der Waals surface area contributed by atoms with E-state index in [9.17, 15) is 14.4 Å². The first kappa shape index (κ1) is 20.2. The number of benzene rings is 3. The molecule has 0 aliphatic heterocycles. The molecule has 0 saturated heterocycles. The highest BCUT2D eigenvalue weighted by molar-refractivity contribution is 8.02. The van der Waals surface area contributed by atoms with Gasteiger partial charge in [0.2, 0.25) is 0 Å². The lowest BCUT2D eigenvalue weighted by molar-refractivity contribution is -0.112. The minimum atomic E-state index is -0.529. The maximum atomic E-state index is 14.0. The standard InChI is InChI=1S/C23H18FN3OS/c24-21-14-8-7-9-17(21)16-29-23(27-19-12-5-2-6-13-19)20(15-25)22(28)26-18-10-3-1-4-11-18/h1-14,27H,16H2,(H,26,28)/b23-20+. The molecule has 3 aromatic carbocycles.